The van der Waals surface area contributed by atoms with Gasteiger partial charge in [0.05, 0.1) is 17.1 Å². The molecule has 1 aromatic rings. The van der Waals surface area contributed by atoms with Crippen LogP contribution in [0.2, 0.25) is 0 Å². The first-order valence-electron chi connectivity index (χ1n) is 6.95. The lowest BCUT2D eigenvalue weighted by atomic mass is 10.1. The van der Waals surface area contributed by atoms with Crippen LogP contribution in [0.25, 0.3) is 0 Å². The standard InChI is InChI=1S/C13H20N4O3S/c1-9(2)16-13-14-7-10(8-15-13)12(18)17-11-3-5-21(19,20)6-4-11/h7-9,11H,3-6H2,1-2H3,(H,17,18)(H,14,15,16). The Bertz CT molecular complexity index is 584. The van der Waals surface area contributed by atoms with Crippen LogP contribution in [0.15, 0.2) is 12.4 Å². The molecule has 0 radical (unpaired) electrons. The number of carbonyl (C=O) groups excluding carboxylic acids is 1. The zero-order valence-corrected chi connectivity index (χ0v) is 13.0. The highest BCUT2D eigenvalue weighted by Gasteiger charge is 2.25. The van der Waals surface area contributed by atoms with Crippen molar-refractivity contribution in [3.63, 3.8) is 0 Å². The van der Waals surface area contributed by atoms with E-state index in [0.29, 0.717) is 24.4 Å². The zero-order valence-electron chi connectivity index (χ0n) is 12.2. The number of hydrogen-bond donors (Lipinski definition) is 2. The van der Waals surface area contributed by atoms with Crippen molar-refractivity contribution in [1.29, 1.82) is 0 Å². The van der Waals surface area contributed by atoms with Crippen LogP contribution in [0, 0.1) is 0 Å². The molecule has 21 heavy (non-hydrogen) atoms. The Hall–Kier alpha value is -1.70. The Morgan fingerprint density at radius 1 is 1.24 bits per heavy atom. The number of nitrogens with zero attached hydrogens (tertiary/aromatic N) is 2. The number of carbonyl (C=O) groups is 1. The number of rotatable bonds is 4. The number of anilines is 1. The molecule has 0 aliphatic carbocycles. The molecule has 1 aliphatic rings. The average Bonchev–Trinajstić information content (AvgIpc) is 2.41. The summed E-state index contributed by atoms with van der Waals surface area (Å²) in [5, 5.41) is 5.87. The normalized spacial score (nSPS) is 18.4. The first-order valence-corrected chi connectivity index (χ1v) is 8.78. The van der Waals surface area contributed by atoms with Gasteiger partial charge < -0.3 is 10.6 Å². The van der Waals surface area contributed by atoms with E-state index >= 15 is 0 Å². The van der Waals surface area contributed by atoms with E-state index < -0.39 is 9.84 Å². The minimum absolute atomic E-state index is 0.102. The highest BCUT2D eigenvalue weighted by Crippen LogP contribution is 2.13. The fraction of sp³-hybridized carbons (Fsp3) is 0.615. The zero-order chi connectivity index (χ0) is 15.5. The van der Waals surface area contributed by atoms with Gasteiger partial charge >= 0.3 is 0 Å². The Balaban J connectivity index is 1.91. The summed E-state index contributed by atoms with van der Waals surface area (Å²) in [6, 6.07) is 0.114. The number of aromatic nitrogens is 2. The third kappa shape index (κ3) is 4.66. The molecule has 116 valence electrons. The molecule has 0 atom stereocenters. The Morgan fingerprint density at radius 2 is 1.81 bits per heavy atom. The fourth-order valence-corrected chi connectivity index (χ4v) is 3.57. The van der Waals surface area contributed by atoms with Crippen molar-refractivity contribution in [3.8, 4) is 0 Å². The van der Waals surface area contributed by atoms with Crippen molar-refractivity contribution >= 4 is 21.7 Å². The van der Waals surface area contributed by atoms with Crippen molar-refractivity contribution in [1.82, 2.24) is 15.3 Å². The average molecular weight is 312 g/mol. The van der Waals surface area contributed by atoms with Crippen LogP contribution in [0.3, 0.4) is 0 Å². The summed E-state index contributed by atoms with van der Waals surface area (Å²) in [6.45, 7) is 3.95. The van der Waals surface area contributed by atoms with Crippen LogP contribution in [-0.2, 0) is 9.84 Å². The lowest BCUT2D eigenvalue weighted by Gasteiger charge is -2.22. The van der Waals surface area contributed by atoms with Crippen LogP contribution in [0.1, 0.15) is 37.0 Å². The van der Waals surface area contributed by atoms with Crippen LogP contribution < -0.4 is 10.6 Å². The van der Waals surface area contributed by atoms with E-state index in [1.807, 2.05) is 13.8 Å². The van der Waals surface area contributed by atoms with Gasteiger partial charge in [-0.15, -0.1) is 0 Å². The van der Waals surface area contributed by atoms with Gasteiger partial charge in [-0.25, -0.2) is 18.4 Å². The third-order valence-corrected chi connectivity index (χ3v) is 4.94. The van der Waals surface area contributed by atoms with Gasteiger partial charge in [-0.1, -0.05) is 0 Å². The molecular formula is C13H20N4O3S. The number of nitrogens with one attached hydrogen (secondary N) is 2. The first kappa shape index (κ1) is 15.7. The number of amides is 1. The second kappa shape index (κ2) is 6.38. The maximum absolute atomic E-state index is 12.0. The molecule has 0 spiro atoms. The molecule has 1 amide bonds. The van der Waals surface area contributed by atoms with Crippen LogP contribution in [0.4, 0.5) is 5.95 Å². The third-order valence-electron chi connectivity index (χ3n) is 3.22. The Morgan fingerprint density at radius 3 is 2.33 bits per heavy atom. The van der Waals surface area contributed by atoms with E-state index in [-0.39, 0.29) is 29.5 Å². The molecule has 1 aliphatic heterocycles. The van der Waals surface area contributed by atoms with Gasteiger partial charge in [0.1, 0.15) is 9.84 Å². The Kier molecular flexibility index (Phi) is 4.76. The first-order chi connectivity index (χ1) is 9.85. The molecule has 2 heterocycles. The number of hydrogen-bond acceptors (Lipinski definition) is 6. The van der Waals surface area contributed by atoms with Crippen molar-refractivity contribution in [2.75, 3.05) is 16.8 Å². The van der Waals surface area contributed by atoms with E-state index in [2.05, 4.69) is 20.6 Å². The molecular weight excluding hydrogens is 292 g/mol. The summed E-state index contributed by atoms with van der Waals surface area (Å²) in [6.07, 6.45) is 3.85. The van der Waals surface area contributed by atoms with E-state index in [0.717, 1.165) is 0 Å². The molecule has 0 bridgehead atoms. The van der Waals surface area contributed by atoms with Gasteiger partial charge in [-0.05, 0) is 26.7 Å². The summed E-state index contributed by atoms with van der Waals surface area (Å²) < 4.78 is 22.7. The van der Waals surface area contributed by atoms with Gasteiger partial charge in [0, 0.05) is 24.5 Å². The Labute approximate surface area is 124 Å². The smallest absolute Gasteiger partial charge is 0.254 e. The SMILES string of the molecule is CC(C)Nc1ncc(C(=O)NC2CCS(=O)(=O)CC2)cn1. The van der Waals surface area contributed by atoms with Gasteiger partial charge in [0.15, 0.2) is 0 Å². The second-order valence-electron chi connectivity index (χ2n) is 5.49. The van der Waals surface area contributed by atoms with E-state index in [4.69, 9.17) is 0 Å². The fourth-order valence-electron chi connectivity index (χ4n) is 2.08. The summed E-state index contributed by atoms with van der Waals surface area (Å²) in [5.74, 6) is 0.470. The van der Waals surface area contributed by atoms with E-state index in [1.54, 1.807) is 0 Å². The molecule has 0 saturated carbocycles. The molecule has 0 aromatic carbocycles. The highest BCUT2D eigenvalue weighted by molar-refractivity contribution is 7.91. The van der Waals surface area contributed by atoms with Crippen molar-refractivity contribution < 1.29 is 13.2 Å². The lowest BCUT2D eigenvalue weighted by Crippen LogP contribution is -2.40. The van der Waals surface area contributed by atoms with E-state index in [9.17, 15) is 13.2 Å². The highest BCUT2D eigenvalue weighted by atomic mass is 32.2. The summed E-state index contributed by atoms with van der Waals surface area (Å²) in [5.41, 5.74) is 0.373. The molecule has 1 saturated heterocycles. The molecule has 1 fully saturated rings. The van der Waals surface area contributed by atoms with E-state index in [1.165, 1.54) is 12.4 Å². The van der Waals surface area contributed by atoms with Gasteiger partial charge in [0.2, 0.25) is 5.95 Å². The molecule has 2 N–H and O–H groups in total. The lowest BCUT2D eigenvalue weighted by molar-refractivity contribution is 0.0933. The maximum atomic E-state index is 12.0. The minimum Gasteiger partial charge on any atom is -0.352 e. The molecule has 7 nitrogen and oxygen atoms in total. The second-order valence-corrected chi connectivity index (χ2v) is 7.80. The van der Waals surface area contributed by atoms with Crippen LogP contribution >= 0.6 is 0 Å². The molecule has 0 unspecified atom stereocenters. The van der Waals surface area contributed by atoms with Crippen molar-refractivity contribution in [3.05, 3.63) is 18.0 Å². The molecule has 1 aromatic heterocycles. The van der Waals surface area contributed by atoms with Gasteiger partial charge in [-0.3, -0.25) is 4.79 Å². The summed E-state index contributed by atoms with van der Waals surface area (Å²) >= 11 is 0. The maximum Gasteiger partial charge on any atom is 0.254 e. The summed E-state index contributed by atoms with van der Waals surface area (Å²) in [7, 11) is -2.92. The molecule has 8 heteroatoms. The monoisotopic (exact) mass is 312 g/mol. The number of sulfone groups is 1. The topological polar surface area (TPSA) is 101 Å². The van der Waals surface area contributed by atoms with Crippen molar-refractivity contribution in [2.24, 2.45) is 0 Å². The summed E-state index contributed by atoms with van der Waals surface area (Å²) in [4.78, 5) is 20.2. The predicted octanol–water partition coefficient (Wildman–Crippen LogP) is 0.604. The quantitative estimate of drug-likeness (QED) is 0.844. The largest absolute Gasteiger partial charge is 0.352 e. The predicted molar refractivity (Wildman–Crippen MR) is 79.9 cm³/mol. The molecule has 2 rings (SSSR count). The minimum atomic E-state index is -2.92. The van der Waals surface area contributed by atoms with Crippen LogP contribution in [0.5, 0.6) is 0 Å². The van der Waals surface area contributed by atoms with Crippen LogP contribution in [-0.4, -0.2) is 47.9 Å². The van der Waals surface area contributed by atoms with Gasteiger partial charge in [-0.2, -0.15) is 0 Å². The van der Waals surface area contributed by atoms with Crippen molar-refractivity contribution in [2.45, 2.75) is 38.8 Å². The van der Waals surface area contributed by atoms with Gasteiger partial charge in [0.25, 0.3) is 5.91 Å².